The van der Waals surface area contributed by atoms with Crippen LogP contribution < -0.4 is 10.1 Å². The van der Waals surface area contributed by atoms with Crippen molar-refractivity contribution in [3.05, 3.63) is 51.2 Å². The summed E-state index contributed by atoms with van der Waals surface area (Å²) in [4.78, 5) is 17.0. The van der Waals surface area contributed by atoms with Crippen LogP contribution in [-0.4, -0.2) is 37.6 Å². The van der Waals surface area contributed by atoms with Crippen LogP contribution in [0.1, 0.15) is 44.6 Å². The molecule has 1 fully saturated rings. The molecule has 0 bridgehead atoms. The van der Waals surface area contributed by atoms with Crippen LogP contribution in [0.2, 0.25) is 0 Å². The summed E-state index contributed by atoms with van der Waals surface area (Å²) in [5.41, 5.74) is 2.37. The number of benzene rings is 1. The van der Waals surface area contributed by atoms with E-state index in [2.05, 4.69) is 29.3 Å². The maximum Gasteiger partial charge on any atom is 0.261 e. The monoisotopic (exact) mass is 358 g/mol. The van der Waals surface area contributed by atoms with E-state index >= 15 is 0 Å². The van der Waals surface area contributed by atoms with Gasteiger partial charge in [0.1, 0.15) is 5.75 Å². The molecule has 0 radical (unpaired) electrons. The van der Waals surface area contributed by atoms with Crippen molar-refractivity contribution in [1.82, 2.24) is 10.2 Å². The van der Waals surface area contributed by atoms with Crippen LogP contribution in [-0.2, 0) is 0 Å². The third kappa shape index (κ3) is 4.22. The van der Waals surface area contributed by atoms with Crippen LogP contribution >= 0.6 is 11.3 Å². The Bertz CT molecular complexity index is 716. The molecule has 1 N–H and O–H groups in total. The third-order valence-corrected chi connectivity index (χ3v) is 6.06. The molecule has 134 valence electrons. The number of nitrogens with one attached hydrogen (secondary N) is 1. The van der Waals surface area contributed by atoms with Gasteiger partial charge in [-0.25, -0.2) is 0 Å². The molecule has 3 rings (SSSR count). The van der Waals surface area contributed by atoms with Crippen LogP contribution in [0.25, 0.3) is 0 Å². The summed E-state index contributed by atoms with van der Waals surface area (Å²) in [6, 6.07) is 10.3. The minimum Gasteiger partial charge on any atom is -0.497 e. The van der Waals surface area contributed by atoms with Crippen molar-refractivity contribution in [2.45, 2.75) is 32.7 Å². The highest BCUT2D eigenvalue weighted by Crippen LogP contribution is 2.27. The Labute approximate surface area is 153 Å². The summed E-state index contributed by atoms with van der Waals surface area (Å²) in [6.45, 7) is 6.87. The number of carbonyl (C=O) groups is 1. The molecule has 1 saturated heterocycles. The number of likely N-dealkylation sites (tertiary alicyclic amines) is 1. The first kappa shape index (κ1) is 18.0. The fourth-order valence-electron chi connectivity index (χ4n) is 3.32. The van der Waals surface area contributed by atoms with Crippen molar-refractivity contribution in [2.75, 3.05) is 26.7 Å². The SMILES string of the molecule is COc1cccc([C@H](CNC(=O)c2cc(C)c(C)s2)N2CCCC2)c1. The number of carbonyl (C=O) groups excluding carboxylic acids is 1. The lowest BCUT2D eigenvalue weighted by atomic mass is 10.0. The predicted molar refractivity (Wildman–Crippen MR) is 103 cm³/mol. The van der Waals surface area contributed by atoms with Crippen molar-refractivity contribution in [1.29, 1.82) is 0 Å². The number of ether oxygens (including phenoxy) is 1. The summed E-state index contributed by atoms with van der Waals surface area (Å²) in [7, 11) is 1.69. The van der Waals surface area contributed by atoms with Crippen LogP contribution in [0.4, 0.5) is 0 Å². The molecule has 0 spiro atoms. The van der Waals surface area contributed by atoms with Gasteiger partial charge in [0.05, 0.1) is 18.0 Å². The normalized spacial score (nSPS) is 16.0. The Kier molecular flexibility index (Phi) is 5.76. The van der Waals surface area contributed by atoms with Crippen molar-refractivity contribution in [2.24, 2.45) is 0 Å². The Morgan fingerprint density at radius 3 is 2.68 bits per heavy atom. The van der Waals surface area contributed by atoms with E-state index in [-0.39, 0.29) is 11.9 Å². The van der Waals surface area contributed by atoms with Gasteiger partial charge < -0.3 is 10.1 Å². The lowest BCUT2D eigenvalue weighted by Gasteiger charge is -2.28. The van der Waals surface area contributed by atoms with Crippen LogP contribution in [0.3, 0.4) is 0 Å². The number of thiophene rings is 1. The molecule has 1 amide bonds. The van der Waals surface area contributed by atoms with E-state index in [0.717, 1.165) is 23.7 Å². The number of methoxy groups -OCH3 is 1. The van der Waals surface area contributed by atoms with Gasteiger partial charge in [-0.1, -0.05) is 12.1 Å². The fraction of sp³-hybridized carbons (Fsp3) is 0.450. The third-order valence-electron chi connectivity index (χ3n) is 4.91. The largest absolute Gasteiger partial charge is 0.497 e. The lowest BCUT2D eigenvalue weighted by Crippen LogP contribution is -2.36. The van der Waals surface area contributed by atoms with Crippen molar-refractivity contribution >= 4 is 17.2 Å². The van der Waals surface area contributed by atoms with E-state index < -0.39 is 0 Å². The summed E-state index contributed by atoms with van der Waals surface area (Å²) >= 11 is 1.56. The number of rotatable bonds is 6. The minimum atomic E-state index is 0.0216. The zero-order valence-corrected chi connectivity index (χ0v) is 16.0. The second kappa shape index (κ2) is 8.02. The maximum absolute atomic E-state index is 12.5. The summed E-state index contributed by atoms with van der Waals surface area (Å²) in [5, 5.41) is 3.14. The number of nitrogens with zero attached hydrogens (tertiary/aromatic N) is 1. The number of hydrogen-bond acceptors (Lipinski definition) is 4. The average molecular weight is 359 g/mol. The van der Waals surface area contributed by atoms with Crippen molar-refractivity contribution in [3.63, 3.8) is 0 Å². The van der Waals surface area contributed by atoms with E-state index in [1.807, 2.05) is 25.1 Å². The highest BCUT2D eigenvalue weighted by molar-refractivity contribution is 7.14. The predicted octanol–water partition coefficient (Wildman–Crippen LogP) is 3.94. The molecule has 0 unspecified atom stereocenters. The Balaban J connectivity index is 1.74. The first-order valence-electron chi connectivity index (χ1n) is 8.81. The Morgan fingerprint density at radius 2 is 2.04 bits per heavy atom. The second-order valence-corrected chi connectivity index (χ2v) is 7.85. The molecule has 1 aromatic carbocycles. The number of amides is 1. The molecule has 2 heterocycles. The standard InChI is InChI=1S/C20H26N2O2S/c1-14-11-19(25-15(14)2)20(23)21-13-18(22-9-4-5-10-22)16-7-6-8-17(12-16)24-3/h6-8,11-12,18H,4-5,9-10,13H2,1-3H3,(H,21,23)/t18-/m0/s1. The maximum atomic E-state index is 12.5. The van der Waals surface area contributed by atoms with Gasteiger partial charge in [-0.05, 0) is 69.1 Å². The van der Waals surface area contributed by atoms with E-state index in [0.29, 0.717) is 6.54 Å². The van der Waals surface area contributed by atoms with Crippen molar-refractivity contribution in [3.8, 4) is 5.75 Å². The summed E-state index contributed by atoms with van der Waals surface area (Å²) in [6.07, 6.45) is 2.44. The molecule has 0 aliphatic carbocycles. The van der Waals surface area contributed by atoms with Crippen molar-refractivity contribution < 1.29 is 9.53 Å². The molecular weight excluding hydrogens is 332 g/mol. The lowest BCUT2D eigenvalue weighted by molar-refractivity contribution is 0.0942. The van der Waals surface area contributed by atoms with Gasteiger partial charge in [0.2, 0.25) is 0 Å². The molecule has 2 aromatic rings. The van der Waals surface area contributed by atoms with Gasteiger partial charge in [0.15, 0.2) is 0 Å². The van der Waals surface area contributed by atoms with Gasteiger partial charge in [0, 0.05) is 11.4 Å². The molecule has 1 aliphatic rings. The van der Waals surface area contributed by atoms with Gasteiger partial charge in [-0.3, -0.25) is 9.69 Å². The fourth-order valence-corrected chi connectivity index (χ4v) is 4.27. The molecule has 1 atom stereocenters. The van der Waals surface area contributed by atoms with Crippen LogP contribution in [0, 0.1) is 13.8 Å². The first-order valence-corrected chi connectivity index (χ1v) is 9.63. The van der Waals surface area contributed by atoms with E-state index in [9.17, 15) is 4.79 Å². The van der Waals surface area contributed by atoms with Gasteiger partial charge in [-0.15, -0.1) is 11.3 Å². The zero-order chi connectivity index (χ0) is 17.8. The average Bonchev–Trinajstić information content (AvgIpc) is 3.26. The summed E-state index contributed by atoms with van der Waals surface area (Å²) in [5.74, 6) is 0.880. The highest BCUT2D eigenvalue weighted by Gasteiger charge is 2.24. The molecule has 0 saturated carbocycles. The minimum absolute atomic E-state index is 0.0216. The summed E-state index contributed by atoms with van der Waals surface area (Å²) < 4.78 is 5.37. The molecule has 1 aliphatic heterocycles. The molecular formula is C20H26N2O2S. The van der Waals surface area contributed by atoms with Gasteiger partial charge in [-0.2, -0.15) is 0 Å². The quantitative estimate of drug-likeness (QED) is 0.850. The van der Waals surface area contributed by atoms with Gasteiger partial charge in [0.25, 0.3) is 5.91 Å². The van der Waals surface area contributed by atoms with E-state index in [4.69, 9.17) is 4.74 Å². The second-order valence-electron chi connectivity index (χ2n) is 6.60. The Hall–Kier alpha value is -1.85. The molecule has 1 aromatic heterocycles. The van der Waals surface area contributed by atoms with E-state index in [1.165, 1.54) is 28.8 Å². The van der Waals surface area contributed by atoms with Crippen LogP contribution in [0.5, 0.6) is 5.75 Å². The topological polar surface area (TPSA) is 41.6 Å². The number of hydrogen-bond donors (Lipinski definition) is 1. The Morgan fingerprint density at radius 1 is 1.28 bits per heavy atom. The molecule has 5 heteroatoms. The van der Waals surface area contributed by atoms with E-state index in [1.54, 1.807) is 18.4 Å². The van der Waals surface area contributed by atoms with Gasteiger partial charge >= 0.3 is 0 Å². The molecule has 4 nitrogen and oxygen atoms in total. The zero-order valence-electron chi connectivity index (χ0n) is 15.2. The smallest absolute Gasteiger partial charge is 0.261 e. The number of aryl methyl sites for hydroxylation is 2. The first-order chi connectivity index (χ1) is 12.1. The molecule has 25 heavy (non-hydrogen) atoms. The highest BCUT2D eigenvalue weighted by atomic mass is 32.1. The van der Waals surface area contributed by atoms with Crippen LogP contribution in [0.15, 0.2) is 30.3 Å².